The van der Waals surface area contributed by atoms with Gasteiger partial charge in [-0.1, -0.05) is 18.2 Å². The van der Waals surface area contributed by atoms with Crippen LogP contribution in [0.2, 0.25) is 0 Å². The summed E-state index contributed by atoms with van der Waals surface area (Å²) in [6, 6.07) is 8.26. The Kier molecular flexibility index (Phi) is 6.99. The second kappa shape index (κ2) is 10.2. The first-order valence-corrected chi connectivity index (χ1v) is 15.6. The van der Waals surface area contributed by atoms with Crippen LogP contribution in [0, 0.1) is 34.5 Å². The maximum absolute atomic E-state index is 13.7. The van der Waals surface area contributed by atoms with Gasteiger partial charge in [0.05, 0.1) is 30.5 Å². The molecule has 5 saturated carbocycles. The summed E-state index contributed by atoms with van der Waals surface area (Å²) in [6.45, 7) is 2.26. The number of nitrogens with zero attached hydrogens (tertiary/aromatic N) is 1. The molecule has 5 aliphatic carbocycles. The third kappa shape index (κ3) is 3.48. The van der Waals surface area contributed by atoms with E-state index in [2.05, 4.69) is 0 Å². The normalized spacial score (nSPS) is 47.7. The summed E-state index contributed by atoms with van der Waals surface area (Å²) in [5, 5.41) is 12.7. The highest BCUT2D eigenvalue weighted by Gasteiger charge is 2.90. The van der Waals surface area contributed by atoms with E-state index in [-0.39, 0.29) is 30.8 Å². The fourth-order valence-corrected chi connectivity index (χ4v) is 12.0. The maximum Gasteiger partial charge on any atom is 0.338 e. The number of piperidine rings is 1. The summed E-state index contributed by atoms with van der Waals surface area (Å²) in [4.78, 5) is 41.7. The average Bonchev–Trinajstić information content (AvgIpc) is 3.39. The minimum atomic E-state index is -1.57. The van der Waals surface area contributed by atoms with E-state index in [0.717, 1.165) is 19.3 Å². The molecule has 13 atom stereocenters. The molecule has 6 fully saturated rings. The van der Waals surface area contributed by atoms with Gasteiger partial charge in [-0.2, -0.15) is 0 Å². The van der Waals surface area contributed by atoms with Crippen molar-refractivity contribution in [2.75, 3.05) is 41.6 Å². The van der Waals surface area contributed by atoms with Crippen LogP contribution in [0.4, 0.5) is 0 Å². The van der Waals surface area contributed by atoms with E-state index in [1.165, 1.54) is 14.0 Å². The molecule has 1 spiro atoms. The molecule has 7 bridgehead atoms. The minimum absolute atomic E-state index is 0.137. The minimum Gasteiger partial charge on any atom is -0.458 e. The first-order chi connectivity index (χ1) is 21.1. The quantitative estimate of drug-likeness (QED) is 0.325. The Morgan fingerprint density at radius 1 is 1.02 bits per heavy atom. The molecule has 44 heavy (non-hydrogen) atoms. The van der Waals surface area contributed by atoms with Crippen molar-refractivity contribution in [3.63, 3.8) is 0 Å². The molecule has 11 heteroatoms. The Labute approximate surface area is 257 Å². The van der Waals surface area contributed by atoms with Crippen LogP contribution in [0.15, 0.2) is 30.3 Å². The lowest BCUT2D eigenvalue weighted by Gasteiger charge is -2.68. The van der Waals surface area contributed by atoms with Crippen molar-refractivity contribution < 1.29 is 47.9 Å². The zero-order valence-electron chi connectivity index (χ0n) is 26.0. The van der Waals surface area contributed by atoms with Crippen LogP contribution >= 0.6 is 0 Å². The highest BCUT2D eigenvalue weighted by molar-refractivity contribution is 5.89. The number of methoxy groups -OCH3 is 4. The zero-order valence-corrected chi connectivity index (χ0v) is 26.0. The van der Waals surface area contributed by atoms with Crippen molar-refractivity contribution in [3.8, 4) is 0 Å². The number of aliphatic hydroxyl groups is 1. The molecule has 6 aliphatic rings. The lowest BCUT2D eigenvalue weighted by atomic mass is 9.43. The van der Waals surface area contributed by atoms with Crippen LogP contribution < -0.4 is 0 Å². The maximum atomic E-state index is 13.7. The van der Waals surface area contributed by atoms with Gasteiger partial charge in [0.25, 0.3) is 0 Å². The second-order valence-corrected chi connectivity index (χ2v) is 14.0. The Morgan fingerprint density at radius 2 is 1.75 bits per heavy atom. The molecule has 1 aromatic carbocycles. The smallest absolute Gasteiger partial charge is 0.338 e. The molecule has 1 N–H and O–H groups in total. The van der Waals surface area contributed by atoms with Gasteiger partial charge < -0.3 is 38.4 Å². The Bertz CT molecular complexity index is 1330. The molecule has 1 amide bonds. The van der Waals surface area contributed by atoms with Gasteiger partial charge in [-0.05, 0) is 37.3 Å². The number of likely N-dealkylation sites (tertiary alicyclic amines) is 1. The highest BCUT2D eigenvalue weighted by Crippen LogP contribution is 2.80. The average molecular weight is 614 g/mol. The summed E-state index contributed by atoms with van der Waals surface area (Å²) in [7, 11) is 6.58. The van der Waals surface area contributed by atoms with Crippen LogP contribution in [0.3, 0.4) is 0 Å². The molecule has 11 nitrogen and oxygen atoms in total. The molecule has 1 aromatic rings. The van der Waals surface area contributed by atoms with Crippen molar-refractivity contribution in [3.05, 3.63) is 35.9 Å². The highest BCUT2D eigenvalue weighted by atomic mass is 16.6. The predicted octanol–water partition coefficient (Wildman–Crippen LogP) is 1.84. The Balaban J connectivity index is 1.50. The van der Waals surface area contributed by atoms with Crippen molar-refractivity contribution in [2.24, 2.45) is 34.5 Å². The number of hydrogen-bond acceptors (Lipinski definition) is 10. The standard InChI is InChI=1S/C33H43NO10/c1-18(36)44-32-14-22(41-4)31(38)13-20(23(32)28(31)43-29(37)19-9-7-6-8-10-19)33-21(40-3)11-12-30(16-39-2)15-34(17-35)27(33)24(32)25(42-5)26(30)33/h6-10,17,20-28,38H,11-16H2,1-5H3/t20-,21?,22+,23-,24+,25?,26-,27-,28?,30+,31?,32-,33?/m1/s1. The zero-order chi connectivity index (χ0) is 31.2. The summed E-state index contributed by atoms with van der Waals surface area (Å²) in [6.07, 6.45) is 0.195. The number of carbonyl (C=O) groups excluding carboxylic acids is 3. The fraction of sp³-hybridized carbons (Fsp3) is 0.727. The number of carbonyl (C=O) groups is 3. The van der Waals surface area contributed by atoms with Gasteiger partial charge in [0.2, 0.25) is 6.41 Å². The molecule has 5 unspecified atom stereocenters. The molecule has 0 radical (unpaired) electrons. The van der Waals surface area contributed by atoms with Crippen molar-refractivity contribution in [1.29, 1.82) is 0 Å². The van der Waals surface area contributed by atoms with Gasteiger partial charge in [-0.3, -0.25) is 9.59 Å². The van der Waals surface area contributed by atoms with E-state index in [9.17, 15) is 19.5 Å². The third-order valence-corrected chi connectivity index (χ3v) is 12.7. The van der Waals surface area contributed by atoms with Crippen LogP contribution in [-0.2, 0) is 38.0 Å². The van der Waals surface area contributed by atoms with Gasteiger partial charge in [-0.25, -0.2) is 4.79 Å². The topological polar surface area (TPSA) is 130 Å². The van der Waals surface area contributed by atoms with Crippen LogP contribution in [0.1, 0.15) is 43.0 Å². The summed E-state index contributed by atoms with van der Waals surface area (Å²) in [5.74, 6) is -2.66. The monoisotopic (exact) mass is 613 g/mol. The number of rotatable bonds is 9. The Hall–Kier alpha value is -2.57. The van der Waals surface area contributed by atoms with Gasteiger partial charge in [-0.15, -0.1) is 0 Å². The number of amides is 1. The van der Waals surface area contributed by atoms with Crippen LogP contribution in [0.25, 0.3) is 0 Å². The Morgan fingerprint density at radius 3 is 2.36 bits per heavy atom. The molecule has 7 rings (SSSR count). The molecule has 1 saturated heterocycles. The molecular weight excluding hydrogens is 570 g/mol. The molecule has 1 heterocycles. The van der Waals surface area contributed by atoms with E-state index in [4.69, 9.17) is 28.4 Å². The first-order valence-electron chi connectivity index (χ1n) is 15.6. The van der Waals surface area contributed by atoms with Gasteiger partial charge in [0.1, 0.15) is 17.3 Å². The number of fused-ring (bicyclic) bond motifs is 2. The summed E-state index contributed by atoms with van der Waals surface area (Å²) < 4.78 is 37.6. The van der Waals surface area contributed by atoms with Gasteiger partial charge >= 0.3 is 11.9 Å². The summed E-state index contributed by atoms with van der Waals surface area (Å²) in [5.41, 5.74) is -3.63. The van der Waals surface area contributed by atoms with Crippen LogP contribution in [-0.4, -0.2) is 112 Å². The molecular formula is C33H43NO10. The third-order valence-electron chi connectivity index (χ3n) is 12.7. The molecule has 1 aliphatic heterocycles. The van der Waals surface area contributed by atoms with E-state index in [1.807, 2.05) is 11.0 Å². The van der Waals surface area contributed by atoms with Crippen LogP contribution in [0.5, 0.6) is 0 Å². The van der Waals surface area contributed by atoms with E-state index in [1.54, 1.807) is 45.6 Å². The lowest BCUT2D eigenvalue weighted by Crippen LogP contribution is -2.77. The molecule has 240 valence electrons. The van der Waals surface area contributed by atoms with Crippen molar-refractivity contribution in [1.82, 2.24) is 4.90 Å². The number of esters is 2. The lowest BCUT2D eigenvalue weighted by molar-refractivity contribution is -0.283. The SMILES string of the molecule is COC[C@@]12CCC(OC)C34[C@@H]5CC6(O)C(OC(=O)c7ccccc7)[C@@H]5[C@](OC(C)=O)(C[C@@H]6OC)[C@@H](C(OC)[C@@H]31)[C@H]4N(C=O)C2. The predicted molar refractivity (Wildman–Crippen MR) is 153 cm³/mol. The number of hydrogen-bond donors (Lipinski definition) is 1. The van der Waals surface area contributed by atoms with Gasteiger partial charge in [0.15, 0.2) is 0 Å². The second-order valence-electron chi connectivity index (χ2n) is 14.0. The van der Waals surface area contributed by atoms with Crippen molar-refractivity contribution >= 4 is 18.3 Å². The largest absolute Gasteiger partial charge is 0.458 e. The van der Waals surface area contributed by atoms with E-state index < -0.39 is 70.2 Å². The van der Waals surface area contributed by atoms with Gasteiger partial charge in [0, 0.05) is 83.0 Å². The first kappa shape index (κ1) is 30.1. The fourth-order valence-electron chi connectivity index (χ4n) is 12.0. The van der Waals surface area contributed by atoms with E-state index >= 15 is 0 Å². The number of ether oxygens (including phenoxy) is 6. The number of benzene rings is 1. The molecule has 0 aromatic heterocycles. The van der Waals surface area contributed by atoms with Crippen molar-refractivity contribution in [2.45, 2.75) is 74.3 Å². The summed E-state index contributed by atoms with van der Waals surface area (Å²) >= 11 is 0. The van der Waals surface area contributed by atoms with E-state index in [0.29, 0.717) is 18.7 Å².